The van der Waals surface area contributed by atoms with Crippen LogP contribution in [0.1, 0.15) is 20.3 Å². The van der Waals surface area contributed by atoms with Crippen LogP contribution in [0.3, 0.4) is 0 Å². The minimum atomic E-state index is -1.07. The first-order valence-electron chi connectivity index (χ1n) is 4.24. The highest BCUT2D eigenvalue weighted by atomic mass is 16.4. The quantitative estimate of drug-likeness (QED) is 0.545. The molecule has 0 unspecified atom stereocenters. The van der Waals surface area contributed by atoms with E-state index in [9.17, 15) is 9.59 Å². The van der Waals surface area contributed by atoms with Crippen molar-refractivity contribution in [2.45, 2.75) is 26.3 Å². The Bertz CT molecular complexity index is 194. The van der Waals surface area contributed by atoms with E-state index in [0.29, 0.717) is 0 Å². The molecule has 2 atom stereocenters. The lowest BCUT2D eigenvalue weighted by Crippen LogP contribution is -2.46. The van der Waals surface area contributed by atoms with Gasteiger partial charge in [0, 0.05) is 0 Å². The van der Waals surface area contributed by atoms with Crippen molar-refractivity contribution in [3.63, 3.8) is 0 Å². The molecule has 5 nitrogen and oxygen atoms in total. The average Bonchev–Trinajstić information content (AvgIpc) is 2.11. The minimum absolute atomic E-state index is 0.0637. The fraction of sp³-hybridized carbons (Fsp3) is 0.750. The second-order valence-electron chi connectivity index (χ2n) is 3.02. The van der Waals surface area contributed by atoms with Gasteiger partial charge in [0.2, 0.25) is 5.91 Å². The van der Waals surface area contributed by atoms with Crippen molar-refractivity contribution in [1.82, 2.24) is 5.32 Å². The summed E-state index contributed by atoms with van der Waals surface area (Å²) in [6.07, 6.45) is 0.793. The van der Waals surface area contributed by atoms with Gasteiger partial charge in [-0.05, 0) is 5.92 Å². The molecule has 0 spiro atoms. The summed E-state index contributed by atoms with van der Waals surface area (Å²) in [5, 5.41) is 10.5. The van der Waals surface area contributed by atoms with Gasteiger partial charge in [-0.15, -0.1) is 0 Å². The van der Waals surface area contributed by atoms with E-state index in [4.69, 9.17) is 10.8 Å². The Kier molecular flexibility index (Phi) is 5.06. The highest BCUT2D eigenvalue weighted by Crippen LogP contribution is 2.04. The maximum atomic E-state index is 11.1. The summed E-state index contributed by atoms with van der Waals surface area (Å²) in [6.45, 7) is 3.41. The van der Waals surface area contributed by atoms with Gasteiger partial charge in [-0.2, -0.15) is 0 Å². The van der Waals surface area contributed by atoms with E-state index in [2.05, 4.69) is 5.32 Å². The van der Waals surface area contributed by atoms with E-state index >= 15 is 0 Å². The Labute approximate surface area is 77.3 Å². The Hall–Kier alpha value is -1.10. The molecular weight excluding hydrogens is 172 g/mol. The molecule has 0 fully saturated rings. The normalized spacial score (nSPS) is 14.7. The lowest BCUT2D eigenvalue weighted by atomic mass is 9.99. The molecule has 0 saturated carbocycles. The fourth-order valence-electron chi connectivity index (χ4n) is 0.793. The minimum Gasteiger partial charge on any atom is -0.480 e. The van der Waals surface area contributed by atoms with E-state index in [1.54, 1.807) is 0 Å². The Morgan fingerprint density at radius 1 is 1.54 bits per heavy atom. The van der Waals surface area contributed by atoms with Crippen molar-refractivity contribution in [3.8, 4) is 0 Å². The average molecular weight is 188 g/mol. The first kappa shape index (κ1) is 11.9. The Balaban J connectivity index is 3.89. The second kappa shape index (κ2) is 5.53. The number of carboxylic acid groups (broad SMARTS) is 1. The predicted molar refractivity (Wildman–Crippen MR) is 48.1 cm³/mol. The second-order valence-corrected chi connectivity index (χ2v) is 3.02. The molecule has 13 heavy (non-hydrogen) atoms. The van der Waals surface area contributed by atoms with Crippen molar-refractivity contribution in [3.05, 3.63) is 0 Å². The van der Waals surface area contributed by atoms with Crippen LogP contribution in [0.4, 0.5) is 0 Å². The van der Waals surface area contributed by atoms with E-state index < -0.39 is 17.9 Å². The topological polar surface area (TPSA) is 92.4 Å². The zero-order valence-electron chi connectivity index (χ0n) is 7.91. The van der Waals surface area contributed by atoms with Gasteiger partial charge in [0.05, 0.1) is 6.04 Å². The monoisotopic (exact) mass is 188 g/mol. The molecule has 0 aliphatic rings. The molecule has 0 aromatic heterocycles. The van der Waals surface area contributed by atoms with Crippen LogP contribution in [0.2, 0.25) is 0 Å². The number of hydrogen-bond donors (Lipinski definition) is 3. The highest BCUT2D eigenvalue weighted by Gasteiger charge is 2.19. The highest BCUT2D eigenvalue weighted by molar-refractivity contribution is 5.85. The molecule has 5 heteroatoms. The van der Waals surface area contributed by atoms with Gasteiger partial charge >= 0.3 is 5.97 Å². The largest absolute Gasteiger partial charge is 0.480 e. The fourth-order valence-corrected chi connectivity index (χ4v) is 0.793. The van der Waals surface area contributed by atoms with Crippen LogP contribution in [-0.4, -0.2) is 29.6 Å². The number of nitrogens with two attached hydrogens (primary N) is 1. The maximum Gasteiger partial charge on any atom is 0.322 e. The van der Waals surface area contributed by atoms with Crippen LogP contribution < -0.4 is 11.1 Å². The number of carbonyl (C=O) groups is 2. The summed E-state index contributed by atoms with van der Waals surface area (Å²) in [4.78, 5) is 21.3. The number of nitrogens with one attached hydrogen (secondary N) is 1. The number of rotatable bonds is 5. The van der Waals surface area contributed by atoms with Crippen LogP contribution in [0.25, 0.3) is 0 Å². The number of amides is 1. The van der Waals surface area contributed by atoms with Gasteiger partial charge in [0.15, 0.2) is 0 Å². The third kappa shape index (κ3) is 4.47. The lowest BCUT2D eigenvalue weighted by Gasteiger charge is -2.16. The summed E-state index contributed by atoms with van der Waals surface area (Å²) >= 11 is 0. The molecule has 0 aliphatic heterocycles. The summed E-state index contributed by atoms with van der Waals surface area (Å²) in [5.41, 5.74) is 5.55. The molecule has 0 heterocycles. The summed E-state index contributed by atoms with van der Waals surface area (Å²) in [5.74, 6) is -1.41. The van der Waals surface area contributed by atoms with E-state index in [1.165, 1.54) is 0 Å². The van der Waals surface area contributed by atoms with Crippen LogP contribution in [0, 0.1) is 5.92 Å². The van der Waals surface area contributed by atoms with Crippen molar-refractivity contribution in [2.75, 3.05) is 6.54 Å². The van der Waals surface area contributed by atoms with Crippen LogP contribution >= 0.6 is 0 Å². The predicted octanol–water partition coefficient (Wildman–Crippen LogP) is -0.439. The molecule has 76 valence electrons. The van der Waals surface area contributed by atoms with E-state index in [0.717, 1.165) is 6.42 Å². The first-order chi connectivity index (χ1) is 5.99. The van der Waals surface area contributed by atoms with Crippen LogP contribution in [0.5, 0.6) is 0 Å². The lowest BCUT2D eigenvalue weighted by molar-refractivity contribution is -0.138. The SMILES string of the molecule is CC[C@H](C)[C@@H](N)C(=O)NCC(=O)O. The zero-order valence-corrected chi connectivity index (χ0v) is 7.91. The molecule has 0 radical (unpaired) electrons. The molecule has 0 aliphatic carbocycles. The van der Waals surface area contributed by atoms with Gasteiger partial charge in [-0.1, -0.05) is 20.3 Å². The van der Waals surface area contributed by atoms with Crippen molar-refractivity contribution in [1.29, 1.82) is 0 Å². The first-order valence-corrected chi connectivity index (χ1v) is 4.24. The molecule has 0 bridgehead atoms. The molecule has 0 rings (SSSR count). The summed E-state index contributed by atoms with van der Waals surface area (Å²) in [7, 11) is 0. The Morgan fingerprint density at radius 3 is 2.46 bits per heavy atom. The summed E-state index contributed by atoms with van der Waals surface area (Å²) in [6, 6.07) is -0.621. The molecule has 0 aromatic rings. The Morgan fingerprint density at radius 2 is 2.08 bits per heavy atom. The van der Waals surface area contributed by atoms with Crippen molar-refractivity contribution in [2.24, 2.45) is 11.7 Å². The van der Waals surface area contributed by atoms with Gasteiger partial charge in [0.25, 0.3) is 0 Å². The molecular formula is C8H16N2O3. The summed E-state index contributed by atoms with van der Waals surface area (Å²) < 4.78 is 0. The zero-order chi connectivity index (χ0) is 10.4. The molecule has 1 amide bonds. The van der Waals surface area contributed by atoms with Crippen LogP contribution in [-0.2, 0) is 9.59 Å². The smallest absolute Gasteiger partial charge is 0.322 e. The van der Waals surface area contributed by atoms with Crippen molar-refractivity contribution < 1.29 is 14.7 Å². The third-order valence-corrected chi connectivity index (χ3v) is 1.97. The van der Waals surface area contributed by atoms with E-state index in [1.807, 2.05) is 13.8 Å². The number of hydrogen-bond acceptors (Lipinski definition) is 3. The van der Waals surface area contributed by atoms with Crippen molar-refractivity contribution >= 4 is 11.9 Å². The van der Waals surface area contributed by atoms with Gasteiger partial charge in [0.1, 0.15) is 6.54 Å². The standard InChI is InChI=1S/C8H16N2O3/c1-3-5(2)7(9)8(13)10-4-6(11)12/h5,7H,3-4,9H2,1-2H3,(H,10,13)(H,11,12)/t5-,7+/m0/s1. The van der Waals surface area contributed by atoms with E-state index in [-0.39, 0.29) is 12.5 Å². The van der Waals surface area contributed by atoms with Gasteiger partial charge < -0.3 is 16.2 Å². The molecule has 0 saturated heterocycles. The van der Waals surface area contributed by atoms with Gasteiger partial charge in [-0.3, -0.25) is 9.59 Å². The third-order valence-electron chi connectivity index (χ3n) is 1.97. The maximum absolute atomic E-state index is 11.1. The molecule has 0 aromatic carbocycles. The number of carbonyl (C=O) groups excluding carboxylic acids is 1. The number of aliphatic carboxylic acids is 1. The van der Waals surface area contributed by atoms with Gasteiger partial charge in [-0.25, -0.2) is 0 Å². The number of carboxylic acids is 1. The van der Waals surface area contributed by atoms with Crippen LogP contribution in [0.15, 0.2) is 0 Å². The molecule has 4 N–H and O–H groups in total.